The molecule has 3 N–H and O–H groups in total. The van der Waals surface area contributed by atoms with Crippen LogP contribution in [-0.2, 0) is 10.0 Å². The number of rotatable bonds is 9. The number of methoxy groups -OCH3 is 1. The predicted octanol–water partition coefficient (Wildman–Crippen LogP) is 2.94. The standard InChI is InChI=1S/C19H20ClN3O9S/c1-4-22(5-2)33(30,31)11-8-12(19(26)27)17(32-3)14(9-11)21-18(25)10-6-13(20)16(24)15(7-10)23(28)29/h6-9,24H,4-5H2,1-3H3,(H,21,25)(H,26,27). The van der Waals surface area contributed by atoms with Crippen LogP contribution in [0.5, 0.6) is 11.5 Å². The number of anilines is 1. The number of nitro groups is 1. The maximum atomic E-state index is 12.9. The number of amides is 1. The van der Waals surface area contributed by atoms with Crippen LogP contribution >= 0.6 is 11.6 Å². The SMILES string of the molecule is CCN(CC)S(=O)(=O)c1cc(NC(=O)c2cc(Cl)c(O)c([N+](=O)[O-])c2)c(OC)c(C(=O)O)c1. The molecule has 33 heavy (non-hydrogen) atoms. The average Bonchev–Trinajstić information content (AvgIpc) is 2.75. The molecule has 0 atom stereocenters. The molecule has 0 unspecified atom stereocenters. The van der Waals surface area contributed by atoms with E-state index in [9.17, 15) is 38.3 Å². The van der Waals surface area contributed by atoms with Crippen molar-refractivity contribution in [1.29, 1.82) is 0 Å². The highest BCUT2D eigenvalue weighted by Crippen LogP contribution is 2.37. The highest BCUT2D eigenvalue weighted by molar-refractivity contribution is 7.89. The molecular weight excluding hydrogens is 482 g/mol. The van der Waals surface area contributed by atoms with Crippen molar-refractivity contribution >= 4 is 44.9 Å². The van der Waals surface area contributed by atoms with Gasteiger partial charge in [-0.25, -0.2) is 13.2 Å². The monoisotopic (exact) mass is 501 g/mol. The normalized spacial score (nSPS) is 11.3. The molecule has 0 saturated carbocycles. The third-order valence-electron chi connectivity index (χ3n) is 4.59. The number of sulfonamides is 1. The second-order valence-corrected chi connectivity index (χ2v) is 8.83. The number of carbonyl (C=O) groups excluding carboxylic acids is 1. The van der Waals surface area contributed by atoms with E-state index in [1.54, 1.807) is 13.8 Å². The number of benzene rings is 2. The molecule has 2 aromatic carbocycles. The first-order valence-corrected chi connectivity index (χ1v) is 11.1. The second kappa shape index (κ2) is 10.0. The van der Waals surface area contributed by atoms with Crippen LogP contribution in [0.2, 0.25) is 5.02 Å². The van der Waals surface area contributed by atoms with Gasteiger partial charge in [-0.3, -0.25) is 14.9 Å². The number of carbonyl (C=O) groups is 2. The van der Waals surface area contributed by atoms with E-state index in [4.69, 9.17) is 16.3 Å². The zero-order chi connectivity index (χ0) is 25.1. The van der Waals surface area contributed by atoms with Gasteiger partial charge in [-0.15, -0.1) is 0 Å². The zero-order valence-corrected chi connectivity index (χ0v) is 19.2. The second-order valence-electron chi connectivity index (χ2n) is 6.48. The third kappa shape index (κ3) is 5.16. The molecule has 14 heteroatoms. The molecule has 178 valence electrons. The fraction of sp³-hybridized carbons (Fsp3) is 0.263. The van der Waals surface area contributed by atoms with Gasteiger partial charge in [-0.05, 0) is 18.2 Å². The number of halogens is 1. The van der Waals surface area contributed by atoms with Gasteiger partial charge in [0.25, 0.3) is 5.91 Å². The average molecular weight is 502 g/mol. The van der Waals surface area contributed by atoms with E-state index in [1.165, 1.54) is 0 Å². The number of aromatic carboxylic acids is 1. The maximum Gasteiger partial charge on any atom is 0.339 e. The Balaban J connectivity index is 2.67. The number of carboxylic acid groups (broad SMARTS) is 1. The number of nitrogens with one attached hydrogen (secondary N) is 1. The Morgan fingerprint density at radius 1 is 1.21 bits per heavy atom. The summed E-state index contributed by atoms with van der Waals surface area (Å²) in [5.41, 5.74) is -2.01. The van der Waals surface area contributed by atoms with Crippen molar-refractivity contribution in [2.75, 3.05) is 25.5 Å². The van der Waals surface area contributed by atoms with Crippen molar-refractivity contribution in [2.24, 2.45) is 0 Å². The van der Waals surface area contributed by atoms with E-state index >= 15 is 0 Å². The summed E-state index contributed by atoms with van der Waals surface area (Å²) in [5, 5.41) is 32.2. The predicted molar refractivity (Wildman–Crippen MR) is 118 cm³/mol. The molecular formula is C19H20ClN3O9S. The molecule has 0 aliphatic rings. The van der Waals surface area contributed by atoms with E-state index in [2.05, 4.69) is 5.32 Å². The molecule has 0 spiro atoms. The summed E-state index contributed by atoms with van der Waals surface area (Å²) in [7, 11) is -2.99. The van der Waals surface area contributed by atoms with Crippen LogP contribution in [-0.4, -0.2) is 59.9 Å². The minimum atomic E-state index is -4.12. The van der Waals surface area contributed by atoms with E-state index in [0.717, 1.165) is 35.7 Å². The summed E-state index contributed by atoms with van der Waals surface area (Å²) in [6.07, 6.45) is 0. The smallest absolute Gasteiger partial charge is 0.339 e. The molecule has 0 radical (unpaired) electrons. The number of hydrogen-bond acceptors (Lipinski definition) is 8. The quantitative estimate of drug-likeness (QED) is 0.344. The lowest BCUT2D eigenvalue weighted by molar-refractivity contribution is -0.385. The van der Waals surface area contributed by atoms with Crippen LogP contribution in [0.25, 0.3) is 0 Å². The highest BCUT2D eigenvalue weighted by Gasteiger charge is 2.28. The lowest BCUT2D eigenvalue weighted by Gasteiger charge is -2.20. The van der Waals surface area contributed by atoms with E-state index in [-0.39, 0.29) is 30.1 Å². The van der Waals surface area contributed by atoms with Gasteiger partial charge in [0.05, 0.1) is 27.6 Å². The molecule has 2 rings (SSSR count). The number of ether oxygens (including phenoxy) is 1. The zero-order valence-electron chi connectivity index (χ0n) is 17.7. The molecule has 0 aliphatic heterocycles. The van der Waals surface area contributed by atoms with Crippen LogP contribution < -0.4 is 10.1 Å². The fourth-order valence-corrected chi connectivity index (χ4v) is 4.71. The topological polar surface area (TPSA) is 176 Å². The van der Waals surface area contributed by atoms with Crippen molar-refractivity contribution < 1.29 is 37.9 Å². The first-order chi connectivity index (χ1) is 15.4. The molecule has 0 saturated heterocycles. The number of aromatic hydroxyl groups is 1. The first kappa shape index (κ1) is 25.8. The summed E-state index contributed by atoms with van der Waals surface area (Å²) in [6.45, 7) is 3.44. The number of phenolic OH excluding ortho intramolecular Hbond substituents is 1. The minimum Gasteiger partial charge on any atom is -0.501 e. The van der Waals surface area contributed by atoms with Gasteiger partial charge >= 0.3 is 11.7 Å². The lowest BCUT2D eigenvalue weighted by atomic mass is 10.1. The molecule has 1 amide bonds. The number of phenols is 1. The van der Waals surface area contributed by atoms with Gasteiger partial charge in [-0.2, -0.15) is 4.31 Å². The van der Waals surface area contributed by atoms with Crippen LogP contribution in [0.1, 0.15) is 34.6 Å². The summed E-state index contributed by atoms with van der Waals surface area (Å²) in [4.78, 5) is 34.3. The Kier molecular flexibility index (Phi) is 7.84. The summed E-state index contributed by atoms with van der Waals surface area (Å²) in [5.74, 6) is -3.68. The third-order valence-corrected chi connectivity index (χ3v) is 6.91. The Hall–Kier alpha value is -3.42. The number of hydrogen-bond donors (Lipinski definition) is 3. The summed E-state index contributed by atoms with van der Waals surface area (Å²) >= 11 is 5.77. The van der Waals surface area contributed by atoms with Gasteiger partial charge in [0.1, 0.15) is 5.56 Å². The summed E-state index contributed by atoms with van der Waals surface area (Å²) in [6, 6.07) is 3.65. The molecule has 0 aromatic heterocycles. The lowest BCUT2D eigenvalue weighted by Crippen LogP contribution is -2.31. The van der Waals surface area contributed by atoms with E-state index in [1.807, 2.05) is 0 Å². The molecule has 0 fully saturated rings. The number of nitro benzene ring substituents is 1. The van der Waals surface area contributed by atoms with Crippen molar-refractivity contribution in [1.82, 2.24) is 4.31 Å². The van der Waals surface area contributed by atoms with Crippen molar-refractivity contribution in [3.63, 3.8) is 0 Å². The van der Waals surface area contributed by atoms with Gasteiger partial charge in [0.2, 0.25) is 15.8 Å². The van der Waals surface area contributed by atoms with Crippen molar-refractivity contribution in [3.05, 3.63) is 50.5 Å². The van der Waals surface area contributed by atoms with Gasteiger partial charge in [-0.1, -0.05) is 25.4 Å². The van der Waals surface area contributed by atoms with Gasteiger partial charge in [0, 0.05) is 24.7 Å². The highest BCUT2D eigenvalue weighted by atomic mass is 35.5. The Bertz CT molecular complexity index is 1230. The Morgan fingerprint density at radius 3 is 2.30 bits per heavy atom. The summed E-state index contributed by atoms with van der Waals surface area (Å²) < 4.78 is 32.1. The van der Waals surface area contributed by atoms with Crippen LogP contribution in [0, 0.1) is 10.1 Å². The van der Waals surface area contributed by atoms with Crippen LogP contribution in [0.3, 0.4) is 0 Å². The molecule has 2 aromatic rings. The molecule has 0 heterocycles. The van der Waals surface area contributed by atoms with E-state index < -0.39 is 53.7 Å². The largest absolute Gasteiger partial charge is 0.501 e. The van der Waals surface area contributed by atoms with E-state index in [0.29, 0.717) is 0 Å². The van der Waals surface area contributed by atoms with Crippen molar-refractivity contribution in [3.8, 4) is 11.5 Å². The Labute approximate surface area is 193 Å². The maximum absolute atomic E-state index is 12.9. The van der Waals surface area contributed by atoms with Crippen LogP contribution in [0.4, 0.5) is 11.4 Å². The van der Waals surface area contributed by atoms with Crippen LogP contribution in [0.15, 0.2) is 29.2 Å². The van der Waals surface area contributed by atoms with Gasteiger partial charge in [0.15, 0.2) is 5.75 Å². The molecule has 0 bridgehead atoms. The minimum absolute atomic E-state index is 0.116. The van der Waals surface area contributed by atoms with Crippen molar-refractivity contribution in [2.45, 2.75) is 18.7 Å². The molecule has 0 aliphatic carbocycles. The molecule has 12 nitrogen and oxygen atoms in total. The number of carboxylic acids is 1. The van der Waals surface area contributed by atoms with Gasteiger partial charge < -0.3 is 20.3 Å². The number of nitrogens with zero attached hydrogens (tertiary/aromatic N) is 2. The first-order valence-electron chi connectivity index (χ1n) is 9.32. The fourth-order valence-electron chi connectivity index (χ4n) is 2.98. The Morgan fingerprint density at radius 2 is 1.82 bits per heavy atom.